The molecule has 0 saturated carbocycles. The van der Waals surface area contributed by atoms with Gasteiger partial charge in [0.05, 0.1) is 12.1 Å². The minimum Gasteiger partial charge on any atom is -0.348 e. The van der Waals surface area contributed by atoms with Crippen LogP contribution in [-0.2, 0) is 4.79 Å². The van der Waals surface area contributed by atoms with Crippen LogP contribution >= 0.6 is 11.8 Å². The molecule has 0 aliphatic carbocycles. The molecule has 4 heteroatoms. The SMILES string of the molecule is CCC[C@H](N)C(=O)N[C@H]1CCSc2ccccc21. The molecule has 1 amide bonds. The molecule has 0 aromatic heterocycles. The second kappa shape index (κ2) is 6.25. The monoisotopic (exact) mass is 264 g/mol. The minimum atomic E-state index is -0.378. The lowest BCUT2D eigenvalue weighted by Crippen LogP contribution is -2.42. The molecule has 0 saturated heterocycles. The predicted octanol–water partition coefficient (Wildman–Crippen LogP) is 2.47. The van der Waals surface area contributed by atoms with E-state index < -0.39 is 0 Å². The van der Waals surface area contributed by atoms with Crippen LogP contribution in [0, 0.1) is 0 Å². The number of fused-ring (bicyclic) bond motifs is 1. The van der Waals surface area contributed by atoms with Gasteiger partial charge < -0.3 is 11.1 Å². The topological polar surface area (TPSA) is 55.1 Å². The van der Waals surface area contributed by atoms with Gasteiger partial charge >= 0.3 is 0 Å². The van der Waals surface area contributed by atoms with Crippen molar-refractivity contribution in [3.8, 4) is 0 Å². The van der Waals surface area contributed by atoms with E-state index >= 15 is 0 Å². The van der Waals surface area contributed by atoms with Gasteiger partial charge in [-0.15, -0.1) is 11.8 Å². The number of hydrogen-bond donors (Lipinski definition) is 2. The van der Waals surface area contributed by atoms with Crippen LogP contribution in [0.2, 0.25) is 0 Å². The zero-order chi connectivity index (χ0) is 13.0. The Hall–Kier alpha value is -1.00. The van der Waals surface area contributed by atoms with Gasteiger partial charge in [0.15, 0.2) is 0 Å². The predicted molar refractivity (Wildman–Crippen MR) is 75.6 cm³/mol. The first kappa shape index (κ1) is 13.4. The molecule has 0 radical (unpaired) electrons. The van der Waals surface area contributed by atoms with Gasteiger partial charge in [-0.25, -0.2) is 0 Å². The quantitative estimate of drug-likeness (QED) is 0.878. The first-order valence-corrected chi connectivity index (χ1v) is 7.48. The molecule has 2 rings (SSSR count). The molecule has 1 aliphatic heterocycles. The highest BCUT2D eigenvalue weighted by molar-refractivity contribution is 7.99. The van der Waals surface area contributed by atoms with E-state index in [2.05, 4.69) is 17.4 Å². The van der Waals surface area contributed by atoms with Crippen molar-refractivity contribution >= 4 is 17.7 Å². The Balaban J connectivity index is 2.05. The summed E-state index contributed by atoms with van der Waals surface area (Å²) in [5.74, 6) is 1.02. The lowest BCUT2D eigenvalue weighted by atomic mass is 10.0. The molecule has 3 nitrogen and oxygen atoms in total. The van der Waals surface area contributed by atoms with E-state index in [-0.39, 0.29) is 18.0 Å². The number of carbonyl (C=O) groups is 1. The lowest BCUT2D eigenvalue weighted by Gasteiger charge is -2.27. The molecule has 3 N–H and O–H groups in total. The molecule has 1 aliphatic rings. The van der Waals surface area contributed by atoms with Crippen LogP contribution in [0.1, 0.15) is 37.8 Å². The molecule has 2 atom stereocenters. The number of nitrogens with one attached hydrogen (secondary N) is 1. The third-order valence-corrected chi connectivity index (χ3v) is 4.33. The highest BCUT2D eigenvalue weighted by Gasteiger charge is 2.23. The highest BCUT2D eigenvalue weighted by atomic mass is 32.2. The number of rotatable bonds is 4. The first-order chi connectivity index (χ1) is 8.72. The maximum Gasteiger partial charge on any atom is 0.237 e. The molecule has 0 bridgehead atoms. The third-order valence-electron chi connectivity index (χ3n) is 3.21. The summed E-state index contributed by atoms with van der Waals surface area (Å²) >= 11 is 1.86. The van der Waals surface area contributed by atoms with Gasteiger partial charge in [-0.1, -0.05) is 31.5 Å². The molecule has 1 heterocycles. The summed E-state index contributed by atoms with van der Waals surface area (Å²) < 4.78 is 0. The number of carbonyl (C=O) groups excluding carboxylic acids is 1. The van der Waals surface area contributed by atoms with Gasteiger partial charge in [0.25, 0.3) is 0 Å². The molecular weight excluding hydrogens is 244 g/mol. The van der Waals surface area contributed by atoms with Crippen molar-refractivity contribution in [3.05, 3.63) is 29.8 Å². The highest BCUT2D eigenvalue weighted by Crippen LogP contribution is 2.35. The minimum absolute atomic E-state index is 0.0245. The molecule has 0 unspecified atom stereocenters. The second-order valence-corrected chi connectivity index (χ2v) is 5.77. The van der Waals surface area contributed by atoms with Gasteiger partial charge in [-0.05, 0) is 24.5 Å². The van der Waals surface area contributed by atoms with E-state index in [1.54, 1.807) is 0 Å². The maximum atomic E-state index is 12.0. The molecule has 0 fully saturated rings. The Morgan fingerprint density at radius 3 is 3.11 bits per heavy atom. The third kappa shape index (κ3) is 3.06. The van der Waals surface area contributed by atoms with E-state index in [9.17, 15) is 4.79 Å². The summed E-state index contributed by atoms with van der Waals surface area (Å²) in [6, 6.07) is 8.02. The van der Waals surface area contributed by atoms with Crippen molar-refractivity contribution in [2.24, 2.45) is 5.73 Å². The number of hydrogen-bond acceptors (Lipinski definition) is 3. The smallest absolute Gasteiger partial charge is 0.237 e. The second-order valence-electron chi connectivity index (χ2n) is 4.63. The fraction of sp³-hybridized carbons (Fsp3) is 0.500. The summed E-state index contributed by atoms with van der Waals surface area (Å²) in [6.45, 7) is 2.04. The van der Waals surface area contributed by atoms with Crippen LogP contribution in [-0.4, -0.2) is 17.7 Å². The normalized spacial score (nSPS) is 20.0. The average molecular weight is 264 g/mol. The van der Waals surface area contributed by atoms with Crippen LogP contribution in [0.4, 0.5) is 0 Å². The summed E-state index contributed by atoms with van der Waals surface area (Å²) in [5.41, 5.74) is 7.08. The van der Waals surface area contributed by atoms with Crippen molar-refractivity contribution < 1.29 is 4.79 Å². The Morgan fingerprint density at radius 2 is 2.33 bits per heavy atom. The summed E-state index contributed by atoms with van der Waals surface area (Å²) in [5, 5.41) is 3.08. The van der Waals surface area contributed by atoms with Crippen molar-refractivity contribution in [1.29, 1.82) is 0 Å². The van der Waals surface area contributed by atoms with Crippen LogP contribution in [0.5, 0.6) is 0 Å². The molecule has 0 spiro atoms. The number of thioether (sulfide) groups is 1. The van der Waals surface area contributed by atoms with Crippen LogP contribution in [0.3, 0.4) is 0 Å². The van der Waals surface area contributed by atoms with Crippen molar-refractivity contribution in [2.75, 3.05) is 5.75 Å². The van der Waals surface area contributed by atoms with Gasteiger partial charge in [0.2, 0.25) is 5.91 Å². The Bertz CT molecular complexity index is 422. The molecule has 18 heavy (non-hydrogen) atoms. The Kier molecular flexibility index (Phi) is 4.66. The molecule has 1 aromatic rings. The van der Waals surface area contributed by atoms with Crippen LogP contribution in [0.25, 0.3) is 0 Å². The number of benzene rings is 1. The van der Waals surface area contributed by atoms with Gasteiger partial charge in [0.1, 0.15) is 0 Å². The van der Waals surface area contributed by atoms with E-state index in [1.807, 2.05) is 30.8 Å². The fourth-order valence-electron chi connectivity index (χ4n) is 2.21. The molecule has 98 valence electrons. The number of nitrogens with two attached hydrogens (primary N) is 1. The van der Waals surface area contributed by atoms with E-state index in [0.717, 1.165) is 25.0 Å². The van der Waals surface area contributed by atoms with Crippen molar-refractivity contribution in [1.82, 2.24) is 5.32 Å². The Labute approximate surface area is 113 Å². The summed E-state index contributed by atoms with van der Waals surface area (Å²) in [6.07, 6.45) is 2.66. The van der Waals surface area contributed by atoms with Gasteiger partial charge in [-0.2, -0.15) is 0 Å². The number of amides is 1. The van der Waals surface area contributed by atoms with Gasteiger partial charge in [0, 0.05) is 10.6 Å². The first-order valence-electron chi connectivity index (χ1n) is 6.50. The van der Waals surface area contributed by atoms with E-state index in [1.165, 1.54) is 10.5 Å². The summed E-state index contributed by atoms with van der Waals surface area (Å²) in [7, 11) is 0. The zero-order valence-electron chi connectivity index (χ0n) is 10.7. The van der Waals surface area contributed by atoms with Gasteiger partial charge in [-0.3, -0.25) is 4.79 Å². The Morgan fingerprint density at radius 1 is 1.56 bits per heavy atom. The molecule has 1 aromatic carbocycles. The lowest BCUT2D eigenvalue weighted by molar-refractivity contribution is -0.123. The van der Waals surface area contributed by atoms with E-state index in [4.69, 9.17) is 5.73 Å². The van der Waals surface area contributed by atoms with E-state index in [0.29, 0.717) is 0 Å². The van der Waals surface area contributed by atoms with Crippen molar-refractivity contribution in [2.45, 2.75) is 43.2 Å². The zero-order valence-corrected chi connectivity index (χ0v) is 11.5. The van der Waals surface area contributed by atoms with Crippen LogP contribution < -0.4 is 11.1 Å². The van der Waals surface area contributed by atoms with Crippen LogP contribution in [0.15, 0.2) is 29.2 Å². The average Bonchev–Trinajstić information content (AvgIpc) is 2.39. The maximum absolute atomic E-state index is 12.0. The largest absolute Gasteiger partial charge is 0.348 e. The molecular formula is C14H20N2OS. The standard InChI is InChI=1S/C14H20N2OS/c1-2-5-11(15)14(17)16-12-8-9-18-13-7-4-3-6-10(12)13/h3-4,6-7,11-12H,2,5,8-9,15H2,1H3,(H,16,17)/t11-,12-/m0/s1. The van der Waals surface area contributed by atoms with Crippen molar-refractivity contribution in [3.63, 3.8) is 0 Å². The fourth-order valence-corrected chi connectivity index (χ4v) is 3.34. The summed E-state index contributed by atoms with van der Waals surface area (Å²) in [4.78, 5) is 13.2.